The van der Waals surface area contributed by atoms with Gasteiger partial charge in [-0.05, 0) is 45.7 Å². The maximum absolute atomic E-state index is 15.3. The Kier molecular flexibility index (Phi) is 7.38. The number of carbonyl (C=O) groups is 1. The van der Waals surface area contributed by atoms with Crippen molar-refractivity contribution in [3.63, 3.8) is 0 Å². The summed E-state index contributed by atoms with van der Waals surface area (Å²) in [6.45, 7) is 5.57. The van der Waals surface area contributed by atoms with Crippen molar-refractivity contribution in [3.05, 3.63) is 30.2 Å². The number of aromatic nitrogens is 2. The first-order valence-electron chi connectivity index (χ1n) is 12.0. The number of amides is 1. The van der Waals surface area contributed by atoms with Crippen LogP contribution in [-0.2, 0) is 14.8 Å². The van der Waals surface area contributed by atoms with E-state index in [4.69, 9.17) is 4.74 Å². The molecular weight excluding hydrogens is 492 g/mol. The van der Waals surface area contributed by atoms with Crippen molar-refractivity contribution >= 4 is 32.7 Å². The van der Waals surface area contributed by atoms with Gasteiger partial charge in [0.15, 0.2) is 0 Å². The molecule has 0 aromatic carbocycles. The average molecular weight is 526 g/mol. The molecule has 1 amide bonds. The molecule has 0 radical (unpaired) electrons. The number of carbonyl (C=O) groups excluding carboxylic acids is 1. The number of anilines is 1. The van der Waals surface area contributed by atoms with Gasteiger partial charge in [0.2, 0.25) is 10.0 Å². The number of pyridine rings is 2. The van der Waals surface area contributed by atoms with Gasteiger partial charge in [-0.1, -0.05) is 0 Å². The fourth-order valence-corrected chi connectivity index (χ4v) is 5.55. The summed E-state index contributed by atoms with van der Waals surface area (Å²) in [5.74, 6) is -0.103. The third-order valence-corrected chi connectivity index (χ3v) is 7.80. The Balaban J connectivity index is 1.50. The molecular formula is C24H33F2N5O4S. The molecule has 2 saturated heterocycles. The van der Waals surface area contributed by atoms with Crippen LogP contribution < -0.4 is 5.32 Å². The van der Waals surface area contributed by atoms with Crippen LogP contribution in [0.5, 0.6) is 0 Å². The molecule has 0 bridgehead atoms. The van der Waals surface area contributed by atoms with Crippen molar-refractivity contribution < 1.29 is 26.7 Å². The molecule has 2 aliphatic rings. The molecule has 2 aromatic rings. The minimum Gasteiger partial charge on any atom is -0.444 e. The van der Waals surface area contributed by atoms with E-state index < -0.39 is 46.0 Å². The van der Waals surface area contributed by atoms with Crippen molar-refractivity contribution in [3.8, 4) is 0 Å². The Labute approximate surface area is 210 Å². The lowest BCUT2D eigenvalue weighted by molar-refractivity contribution is 0.0110. The highest BCUT2D eigenvalue weighted by Gasteiger charge is 2.36. The second kappa shape index (κ2) is 10.0. The van der Waals surface area contributed by atoms with E-state index in [2.05, 4.69) is 15.3 Å². The number of rotatable bonds is 4. The lowest BCUT2D eigenvalue weighted by Crippen LogP contribution is -2.49. The minimum atomic E-state index is -3.45. The molecule has 9 nitrogen and oxygen atoms in total. The Morgan fingerprint density at radius 2 is 1.89 bits per heavy atom. The highest BCUT2D eigenvalue weighted by molar-refractivity contribution is 7.88. The van der Waals surface area contributed by atoms with Gasteiger partial charge in [-0.15, -0.1) is 0 Å². The molecule has 2 aromatic heterocycles. The van der Waals surface area contributed by atoms with Crippen LogP contribution in [0, 0.1) is 0 Å². The Bertz CT molecular complexity index is 1220. The number of halogens is 2. The van der Waals surface area contributed by atoms with E-state index in [1.807, 2.05) is 0 Å². The molecule has 0 saturated carbocycles. The van der Waals surface area contributed by atoms with E-state index in [0.29, 0.717) is 36.3 Å². The van der Waals surface area contributed by atoms with Gasteiger partial charge in [0.05, 0.1) is 24.5 Å². The molecule has 4 atom stereocenters. The lowest BCUT2D eigenvalue weighted by Gasteiger charge is -2.35. The first kappa shape index (κ1) is 26.5. The summed E-state index contributed by atoms with van der Waals surface area (Å²) in [4.78, 5) is 22.6. The topological polar surface area (TPSA) is 105 Å². The number of nitrogens with one attached hydrogen (secondary N) is 1. The highest BCUT2D eigenvalue weighted by Crippen LogP contribution is 2.35. The maximum atomic E-state index is 15.3. The largest absolute Gasteiger partial charge is 0.444 e. The second-order valence-electron chi connectivity index (χ2n) is 10.5. The number of ether oxygens (including phenoxy) is 1. The predicted molar refractivity (Wildman–Crippen MR) is 133 cm³/mol. The third kappa shape index (κ3) is 6.03. The average Bonchev–Trinajstić information content (AvgIpc) is 2.78. The summed E-state index contributed by atoms with van der Waals surface area (Å²) in [6.07, 6.45) is 1.73. The summed E-state index contributed by atoms with van der Waals surface area (Å²) in [5.41, 5.74) is -0.0918. The summed E-state index contributed by atoms with van der Waals surface area (Å²) >= 11 is 0. The van der Waals surface area contributed by atoms with Crippen LogP contribution in [0.25, 0.3) is 10.8 Å². The van der Waals surface area contributed by atoms with Crippen molar-refractivity contribution in [2.24, 2.45) is 0 Å². The smallest absolute Gasteiger partial charge is 0.410 e. The number of hydrogen-bond donors (Lipinski definition) is 1. The van der Waals surface area contributed by atoms with E-state index in [1.165, 1.54) is 4.90 Å². The fourth-order valence-electron chi connectivity index (χ4n) is 4.70. The maximum Gasteiger partial charge on any atom is 0.410 e. The number of likely N-dealkylation sites (tertiary alicyclic amines) is 1. The van der Waals surface area contributed by atoms with Gasteiger partial charge < -0.3 is 15.0 Å². The number of nitrogens with zero attached hydrogens (tertiary/aromatic N) is 4. The predicted octanol–water partition coefficient (Wildman–Crippen LogP) is 3.48. The number of sulfonamides is 1. The van der Waals surface area contributed by atoms with Gasteiger partial charge in [-0.3, -0.25) is 4.98 Å². The van der Waals surface area contributed by atoms with Crippen molar-refractivity contribution in [1.82, 2.24) is 19.2 Å². The first-order valence-corrected chi connectivity index (χ1v) is 13.9. The van der Waals surface area contributed by atoms with Crippen LogP contribution >= 0.6 is 0 Å². The van der Waals surface area contributed by atoms with Crippen molar-refractivity contribution in [1.29, 1.82) is 0 Å². The van der Waals surface area contributed by atoms with Gasteiger partial charge in [0.1, 0.15) is 23.8 Å². The number of alkyl halides is 2. The van der Waals surface area contributed by atoms with Gasteiger partial charge >= 0.3 is 6.09 Å². The molecule has 198 valence electrons. The minimum absolute atomic E-state index is 0.0870. The Morgan fingerprint density at radius 1 is 1.14 bits per heavy atom. The third-order valence-electron chi connectivity index (χ3n) is 6.53. The molecule has 4 heterocycles. The SMILES string of the molecule is CC(C)(C)OC(=O)N1CC[C@@H](c2nccc3cnc(N[C@@H]4CCN(S(C)(=O)=O)C[C@H]4F)cc23)[C@H](F)C1. The number of fused-ring (bicyclic) bond motifs is 1. The zero-order valence-corrected chi connectivity index (χ0v) is 21.8. The summed E-state index contributed by atoms with van der Waals surface area (Å²) in [5, 5.41) is 4.56. The van der Waals surface area contributed by atoms with E-state index in [1.54, 1.807) is 45.3 Å². The first-order chi connectivity index (χ1) is 16.8. The molecule has 0 unspecified atom stereocenters. The second-order valence-corrected chi connectivity index (χ2v) is 12.5. The molecule has 36 heavy (non-hydrogen) atoms. The summed E-state index contributed by atoms with van der Waals surface area (Å²) in [7, 11) is -3.45. The molecule has 1 N–H and O–H groups in total. The molecule has 0 aliphatic carbocycles. The quantitative estimate of drug-likeness (QED) is 0.652. The zero-order valence-electron chi connectivity index (χ0n) is 20.9. The molecule has 12 heteroatoms. The summed E-state index contributed by atoms with van der Waals surface area (Å²) in [6, 6.07) is 2.92. The Hall–Kier alpha value is -2.60. The Morgan fingerprint density at radius 3 is 2.53 bits per heavy atom. The fraction of sp³-hybridized carbons (Fsp3) is 0.625. The van der Waals surface area contributed by atoms with Crippen molar-refractivity contribution in [2.75, 3.05) is 37.8 Å². The van der Waals surface area contributed by atoms with Crippen LogP contribution in [0.3, 0.4) is 0 Å². The van der Waals surface area contributed by atoms with E-state index in [-0.39, 0.29) is 19.6 Å². The van der Waals surface area contributed by atoms with Gasteiger partial charge in [-0.25, -0.2) is 27.0 Å². The number of piperidine rings is 2. The molecule has 0 spiro atoms. The van der Waals surface area contributed by atoms with Crippen LogP contribution in [-0.4, -0.2) is 90.1 Å². The van der Waals surface area contributed by atoms with E-state index >= 15 is 4.39 Å². The van der Waals surface area contributed by atoms with Crippen LogP contribution in [0.2, 0.25) is 0 Å². The summed E-state index contributed by atoms with van der Waals surface area (Å²) < 4.78 is 60.1. The van der Waals surface area contributed by atoms with Crippen molar-refractivity contribution in [2.45, 2.75) is 63.5 Å². The van der Waals surface area contributed by atoms with Crippen LogP contribution in [0.15, 0.2) is 24.5 Å². The monoisotopic (exact) mass is 525 g/mol. The molecule has 2 aliphatic heterocycles. The number of hydrogen-bond acceptors (Lipinski definition) is 7. The normalized spacial score (nSPS) is 26.1. The lowest BCUT2D eigenvalue weighted by atomic mass is 9.89. The highest BCUT2D eigenvalue weighted by atomic mass is 32.2. The van der Waals surface area contributed by atoms with E-state index in [0.717, 1.165) is 15.9 Å². The zero-order chi connectivity index (χ0) is 26.3. The van der Waals surface area contributed by atoms with E-state index in [9.17, 15) is 17.6 Å². The standard InChI is InChI=1S/C24H33F2N5O4S/c1-24(2,3)35-23(32)30-9-6-16(18(25)13-30)22-17-11-21(28-12-15(17)5-8-27-22)29-20-7-10-31(14-19(20)26)36(4,33)34/h5,8,11-12,16,18-20H,6-7,9-10,13-14H2,1-4H3,(H,28,29)/t16-,18-,19-,20-/m1/s1. The molecule has 4 rings (SSSR count). The van der Waals surface area contributed by atoms with Gasteiger partial charge in [0, 0.05) is 48.7 Å². The van der Waals surface area contributed by atoms with Crippen LogP contribution in [0.1, 0.15) is 45.2 Å². The van der Waals surface area contributed by atoms with Gasteiger partial charge in [0.25, 0.3) is 0 Å². The van der Waals surface area contributed by atoms with Crippen LogP contribution in [0.4, 0.5) is 19.4 Å². The van der Waals surface area contributed by atoms with Gasteiger partial charge in [-0.2, -0.15) is 4.31 Å². The molecule has 2 fully saturated rings.